The van der Waals surface area contributed by atoms with Gasteiger partial charge in [0, 0.05) is 19.8 Å². The molecule has 0 bridgehead atoms. The Morgan fingerprint density at radius 2 is 2.00 bits per heavy atom. The zero-order chi connectivity index (χ0) is 15.6. The summed E-state index contributed by atoms with van der Waals surface area (Å²) in [6.45, 7) is 0.235. The fourth-order valence-corrected chi connectivity index (χ4v) is 1.37. The third-order valence-electron chi connectivity index (χ3n) is 2.27. The Balaban J connectivity index is 4.34. The van der Waals surface area contributed by atoms with Crippen LogP contribution >= 0.6 is 0 Å². The predicted molar refractivity (Wildman–Crippen MR) is 65.8 cm³/mol. The van der Waals surface area contributed by atoms with Gasteiger partial charge in [0.15, 0.2) is 0 Å². The summed E-state index contributed by atoms with van der Waals surface area (Å²) in [6.07, 6.45) is -4.19. The summed E-state index contributed by atoms with van der Waals surface area (Å²) in [4.78, 5) is 23.2. The number of halogens is 3. The lowest BCUT2D eigenvalue weighted by Crippen LogP contribution is -2.45. The third-order valence-corrected chi connectivity index (χ3v) is 2.27. The molecule has 0 heterocycles. The summed E-state index contributed by atoms with van der Waals surface area (Å²) in [5, 5.41) is 2.15. The SMILES string of the molecule is CCOCCCN(CC(F)(F)F)C(=O)CNC(=O)CN. The van der Waals surface area contributed by atoms with E-state index in [1.807, 2.05) is 0 Å². The molecule has 0 fully saturated rings. The number of hydrogen-bond acceptors (Lipinski definition) is 4. The highest BCUT2D eigenvalue weighted by atomic mass is 19.4. The standard InChI is InChI=1S/C11H20F3N3O3/c1-2-20-5-3-4-17(8-11(12,13)14)10(19)7-16-9(18)6-15/h2-8,15H2,1H3,(H,16,18). The summed E-state index contributed by atoms with van der Waals surface area (Å²) in [6, 6.07) is 0. The van der Waals surface area contributed by atoms with Crippen molar-refractivity contribution < 1.29 is 27.5 Å². The Morgan fingerprint density at radius 3 is 2.50 bits per heavy atom. The average Bonchev–Trinajstić information content (AvgIpc) is 2.37. The fourth-order valence-electron chi connectivity index (χ4n) is 1.37. The topological polar surface area (TPSA) is 84.7 Å². The van der Waals surface area contributed by atoms with Gasteiger partial charge in [-0.1, -0.05) is 0 Å². The van der Waals surface area contributed by atoms with Crippen LogP contribution < -0.4 is 11.1 Å². The Kier molecular flexibility index (Phi) is 8.89. The van der Waals surface area contributed by atoms with Crippen molar-refractivity contribution in [2.75, 3.05) is 39.4 Å². The van der Waals surface area contributed by atoms with E-state index in [0.29, 0.717) is 17.9 Å². The first kappa shape index (κ1) is 18.7. The number of nitrogens with zero attached hydrogens (tertiary/aromatic N) is 1. The maximum absolute atomic E-state index is 12.4. The molecule has 0 aliphatic carbocycles. The summed E-state index contributed by atoms with van der Waals surface area (Å²) in [5.74, 6) is -1.40. The van der Waals surface area contributed by atoms with Gasteiger partial charge in [-0.2, -0.15) is 13.2 Å². The van der Waals surface area contributed by atoms with Gasteiger partial charge in [-0.3, -0.25) is 9.59 Å². The van der Waals surface area contributed by atoms with Crippen LogP contribution in [0.4, 0.5) is 13.2 Å². The van der Waals surface area contributed by atoms with E-state index in [-0.39, 0.29) is 19.7 Å². The van der Waals surface area contributed by atoms with E-state index in [1.54, 1.807) is 6.92 Å². The second-order valence-corrected chi connectivity index (χ2v) is 3.96. The van der Waals surface area contributed by atoms with Crippen LogP contribution in [0.25, 0.3) is 0 Å². The number of nitrogens with two attached hydrogens (primary N) is 1. The Bertz CT molecular complexity index is 311. The van der Waals surface area contributed by atoms with Gasteiger partial charge >= 0.3 is 6.18 Å². The Labute approximate surface area is 115 Å². The van der Waals surface area contributed by atoms with Gasteiger partial charge in [-0.05, 0) is 13.3 Å². The molecule has 0 atom stereocenters. The van der Waals surface area contributed by atoms with E-state index in [0.717, 1.165) is 0 Å². The van der Waals surface area contributed by atoms with Crippen molar-refractivity contribution in [2.45, 2.75) is 19.5 Å². The molecular weight excluding hydrogens is 279 g/mol. The molecule has 0 saturated heterocycles. The third kappa shape index (κ3) is 9.56. The van der Waals surface area contributed by atoms with E-state index in [4.69, 9.17) is 10.5 Å². The smallest absolute Gasteiger partial charge is 0.382 e. The second kappa shape index (κ2) is 9.54. The second-order valence-electron chi connectivity index (χ2n) is 3.96. The number of carbonyl (C=O) groups is 2. The molecule has 3 N–H and O–H groups in total. The first-order valence-corrected chi connectivity index (χ1v) is 6.19. The number of hydrogen-bond donors (Lipinski definition) is 2. The van der Waals surface area contributed by atoms with Crippen LogP contribution in [0.2, 0.25) is 0 Å². The lowest BCUT2D eigenvalue weighted by molar-refractivity contribution is -0.161. The number of amides is 2. The molecule has 0 aromatic heterocycles. The quantitative estimate of drug-likeness (QED) is 0.581. The maximum Gasteiger partial charge on any atom is 0.406 e. The highest BCUT2D eigenvalue weighted by Crippen LogP contribution is 2.16. The predicted octanol–water partition coefficient (Wildman–Crippen LogP) is -0.121. The van der Waals surface area contributed by atoms with Crippen LogP contribution in [-0.2, 0) is 14.3 Å². The van der Waals surface area contributed by atoms with Crippen LogP contribution in [0.5, 0.6) is 0 Å². The molecule has 0 aromatic carbocycles. The first-order chi connectivity index (χ1) is 9.30. The van der Waals surface area contributed by atoms with Gasteiger partial charge in [0.25, 0.3) is 0 Å². The summed E-state index contributed by atoms with van der Waals surface area (Å²) < 4.78 is 42.1. The minimum Gasteiger partial charge on any atom is -0.382 e. The van der Waals surface area contributed by atoms with Crippen molar-refractivity contribution in [3.63, 3.8) is 0 Å². The zero-order valence-corrected chi connectivity index (χ0v) is 11.3. The van der Waals surface area contributed by atoms with Crippen molar-refractivity contribution in [3.05, 3.63) is 0 Å². The monoisotopic (exact) mass is 299 g/mol. The molecule has 0 saturated carbocycles. The molecule has 0 unspecified atom stereocenters. The molecule has 0 aliphatic heterocycles. The Morgan fingerprint density at radius 1 is 1.35 bits per heavy atom. The van der Waals surface area contributed by atoms with E-state index >= 15 is 0 Å². The van der Waals surface area contributed by atoms with Crippen molar-refractivity contribution in [1.82, 2.24) is 10.2 Å². The van der Waals surface area contributed by atoms with Crippen molar-refractivity contribution in [1.29, 1.82) is 0 Å². The van der Waals surface area contributed by atoms with Gasteiger partial charge in [-0.25, -0.2) is 0 Å². The summed E-state index contributed by atoms with van der Waals surface area (Å²) in [7, 11) is 0. The molecule has 0 spiro atoms. The normalized spacial score (nSPS) is 11.2. The molecule has 118 valence electrons. The first-order valence-electron chi connectivity index (χ1n) is 6.19. The molecule has 0 radical (unpaired) electrons. The highest BCUT2D eigenvalue weighted by molar-refractivity contribution is 5.85. The van der Waals surface area contributed by atoms with Crippen LogP contribution in [0.1, 0.15) is 13.3 Å². The van der Waals surface area contributed by atoms with E-state index < -0.39 is 31.1 Å². The summed E-state index contributed by atoms with van der Waals surface area (Å²) in [5.41, 5.74) is 5.02. The Hall–Kier alpha value is -1.35. The molecular formula is C11H20F3N3O3. The minimum atomic E-state index is -4.49. The molecule has 6 nitrogen and oxygen atoms in total. The molecule has 0 aromatic rings. The number of carbonyl (C=O) groups excluding carboxylic acids is 2. The van der Waals surface area contributed by atoms with Gasteiger partial charge in [0.05, 0.1) is 13.1 Å². The number of ether oxygens (including phenoxy) is 1. The highest BCUT2D eigenvalue weighted by Gasteiger charge is 2.32. The van der Waals surface area contributed by atoms with Gasteiger partial charge < -0.3 is 20.7 Å². The van der Waals surface area contributed by atoms with Crippen molar-refractivity contribution >= 4 is 11.8 Å². The maximum atomic E-state index is 12.4. The summed E-state index contributed by atoms with van der Waals surface area (Å²) >= 11 is 0. The van der Waals surface area contributed by atoms with Crippen LogP contribution in [-0.4, -0.2) is 62.3 Å². The molecule has 9 heteroatoms. The largest absolute Gasteiger partial charge is 0.406 e. The number of rotatable bonds is 9. The molecule has 2 amide bonds. The lowest BCUT2D eigenvalue weighted by atomic mass is 10.3. The molecule has 0 aliphatic rings. The van der Waals surface area contributed by atoms with Gasteiger partial charge in [-0.15, -0.1) is 0 Å². The fraction of sp³-hybridized carbons (Fsp3) is 0.818. The molecule has 20 heavy (non-hydrogen) atoms. The van der Waals surface area contributed by atoms with Crippen LogP contribution in [0.3, 0.4) is 0 Å². The number of nitrogens with one attached hydrogen (secondary N) is 1. The van der Waals surface area contributed by atoms with Crippen LogP contribution in [0, 0.1) is 0 Å². The van der Waals surface area contributed by atoms with Gasteiger partial charge in [0.2, 0.25) is 11.8 Å². The minimum absolute atomic E-state index is 0.0865. The van der Waals surface area contributed by atoms with E-state index in [2.05, 4.69) is 5.32 Å². The van der Waals surface area contributed by atoms with Crippen LogP contribution in [0.15, 0.2) is 0 Å². The van der Waals surface area contributed by atoms with E-state index in [1.165, 1.54) is 0 Å². The van der Waals surface area contributed by atoms with Gasteiger partial charge in [0.1, 0.15) is 6.54 Å². The average molecular weight is 299 g/mol. The lowest BCUT2D eigenvalue weighted by Gasteiger charge is -2.24. The van der Waals surface area contributed by atoms with E-state index in [9.17, 15) is 22.8 Å². The van der Waals surface area contributed by atoms with Crippen molar-refractivity contribution in [2.24, 2.45) is 5.73 Å². The number of alkyl halides is 3. The molecule has 0 rings (SSSR count). The zero-order valence-electron chi connectivity index (χ0n) is 11.3. The van der Waals surface area contributed by atoms with Crippen molar-refractivity contribution in [3.8, 4) is 0 Å².